The lowest BCUT2D eigenvalue weighted by Gasteiger charge is -2.16. The fourth-order valence-corrected chi connectivity index (χ4v) is 2.91. The summed E-state index contributed by atoms with van der Waals surface area (Å²) < 4.78 is 0. The first-order valence-corrected chi connectivity index (χ1v) is 6.72. The second-order valence-electron chi connectivity index (χ2n) is 5.60. The van der Waals surface area contributed by atoms with Crippen molar-refractivity contribution in [2.45, 2.75) is 38.0 Å². The van der Waals surface area contributed by atoms with Gasteiger partial charge in [-0.2, -0.15) is 0 Å². The monoisotopic (exact) mass is 259 g/mol. The standard InChI is InChI=1S/C15H17NO3/c1-8-11-6-10(4-5-13(11)16-15(8)19)12(7-14(17)18)9-2-3-9/h4-6,8-9,12H,2-3,7H2,1H3,(H,16,19)(H,17,18). The molecule has 2 N–H and O–H groups in total. The van der Waals surface area contributed by atoms with Crippen LogP contribution in [0.2, 0.25) is 0 Å². The van der Waals surface area contributed by atoms with Crippen molar-refractivity contribution in [1.82, 2.24) is 0 Å². The third-order valence-corrected chi connectivity index (χ3v) is 4.21. The van der Waals surface area contributed by atoms with E-state index < -0.39 is 5.97 Å². The summed E-state index contributed by atoms with van der Waals surface area (Å²) in [6, 6.07) is 5.89. The number of rotatable bonds is 4. The van der Waals surface area contributed by atoms with E-state index in [4.69, 9.17) is 5.11 Å². The molecule has 1 saturated carbocycles. The fourth-order valence-electron chi connectivity index (χ4n) is 2.91. The van der Waals surface area contributed by atoms with Crippen LogP contribution in [-0.4, -0.2) is 17.0 Å². The Morgan fingerprint density at radius 1 is 1.47 bits per heavy atom. The maximum Gasteiger partial charge on any atom is 0.303 e. The zero-order chi connectivity index (χ0) is 13.6. The van der Waals surface area contributed by atoms with Gasteiger partial charge in [0.15, 0.2) is 0 Å². The molecule has 2 aliphatic rings. The number of carbonyl (C=O) groups excluding carboxylic acids is 1. The van der Waals surface area contributed by atoms with Crippen LogP contribution in [0, 0.1) is 5.92 Å². The molecule has 1 heterocycles. The fraction of sp³-hybridized carbons (Fsp3) is 0.467. The lowest BCUT2D eigenvalue weighted by Crippen LogP contribution is -2.09. The lowest BCUT2D eigenvalue weighted by molar-refractivity contribution is -0.137. The highest BCUT2D eigenvalue weighted by atomic mass is 16.4. The summed E-state index contributed by atoms with van der Waals surface area (Å²) in [6.07, 6.45) is 2.41. The molecule has 1 fully saturated rings. The number of aliphatic carboxylic acids is 1. The summed E-state index contributed by atoms with van der Waals surface area (Å²) in [5.74, 6) is -0.284. The Bertz CT molecular complexity index is 548. The second kappa shape index (κ2) is 4.37. The summed E-state index contributed by atoms with van der Waals surface area (Å²) in [5, 5.41) is 11.9. The highest BCUT2D eigenvalue weighted by Crippen LogP contribution is 2.46. The summed E-state index contributed by atoms with van der Waals surface area (Å²) in [6.45, 7) is 1.88. The number of carbonyl (C=O) groups is 2. The van der Waals surface area contributed by atoms with Crippen molar-refractivity contribution in [3.05, 3.63) is 29.3 Å². The number of hydrogen-bond donors (Lipinski definition) is 2. The SMILES string of the molecule is CC1C(=O)Nc2ccc(C(CC(=O)O)C3CC3)cc21. The van der Waals surface area contributed by atoms with Gasteiger partial charge in [-0.1, -0.05) is 12.1 Å². The predicted octanol–water partition coefficient (Wildman–Crippen LogP) is 2.71. The van der Waals surface area contributed by atoms with Gasteiger partial charge in [-0.25, -0.2) is 0 Å². The number of fused-ring (bicyclic) bond motifs is 1. The Labute approximate surface area is 111 Å². The van der Waals surface area contributed by atoms with E-state index >= 15 is 0 Å². The van der Waals surface area contributed by atoms with E-state index in [2.05, 4.69) is 5.32 Å². The minimum Gasteiger partial charge on any atom is -0.481 e. The van der Waals surface area contributed by atoms with E-state index in [1.807, 2.05) is 25.1 Å². The zero-order valence-electron chi connectivity index (χ0n) is 10.8. The number of anilines is 1. The largest absolute Gasteiger partial charge is 0.481 e. The molecule has 1 aromatic carbocycles. The molecule has 0 saturated heterocycles. The molecule has 1 aliphatic carbocycles. The third kappa shape index (κ3) is 2.23. The van der Waals surface area contributed by atoms with Crippen LogP contribution in [0.25, 0.3) is 0 Å². The molecular weight excluding hydrogens is 242 g/mol. The number of carboxylic acid groups (broad SMARTS) is 1. The number of amides is 1. The van der Waals surface area contributed by atoms with Crippen molar-refractivity contribution in [2.24, 2.45) is 5.92 Å². The van der Waals surface area contributed by atoms with Crippen LogP contribution >= 0.6 is 0 Å². The van der Waals surface area contributed by atoms with Crippen molar-refractivity contribution < 1.29 is 14.7 Å². The van der Waals surface area contributed by atoms with Crippen LogP contribution in [0.1, 0.15) is 49.1 Å². The molecule has 0 bridgehead atoms. The van der Waals surface area contributed by atoms with Gasteiger partial charge >= 0.3 is 5.97 Å². The Balaban J connectivity index is 1.92. The Morgan fingerprint density at radius 2 is 2.21 bits per heavy atom. The Morgan fingerprint density at radius 3 is 2.84 bits per heavy atom. The molecule has 0 aromatic heterocycles. The van der Waals surface area contributed by atoms with E-state index in [1.54, 1.807) is 0 Å². The summed E-state index contributed by atoms with van der Waals surface area (Å²) in [4.78, 5) is 22.6. The molecule has 4 nitrogen and oxygen atoms in total. The van der Waals surface area contributed by atoms with Gasteiger partial charge in [0.05, 0.1) is 12.3 Å². The molecule has 2 unspecified atom stereocenters. The minimum absolute atomic E-state index is 0.0216. The first-order valence-electron chi connectivity index (χ1n) is 6.72. The molecule has 1 amide bonds. The number of carboxylic acids is 1. The third-order valence-electron chi connectivity index (χ3n) is 4.21. The van der Waals surface area contributed by atoms with E-state index in [0.29, 0.717) is 5.92 Å². The summed E-state index contributed by atoms with van der Waals surface area (Å²) >= 11 is 0. The summed E-state index contributed by atoms with van der Waals surface area (Å²) in [5.41, 5.74) is 2.93. The van der Waals surface area contributed by atoms with E-state index in [1.165, 1.54) is 0 Å². The molecule has 1 aliphatic heterocycles. The molecule has 100 valence electrons. The maximum atomic E-state index is 11.6. The van der Waals surface area contributed by atoms with Gasteiger partial charge in [-0.3, -0.25) is 9.59 Å². The van der Waals surface area contributed by atoms with Gasteiger partial charge in [0.2, 0.25) is 5.91 Å². The van der Waals surface area contributed by atoms with Crippen molar-refractivity contribution in [3.8, 4) is 0 Å². The maximum absolute atomic E-state index is 11.6. The van der Waals surface area contributed by atoms with Crippen LogP contribution < -0.4 is 5.32 Å². The van der Waals surface area contributed by atoms with Crippen LogP contribution in [0.15, 0.2) is 18.2 Å². The highest BCUT2D eigenvalue weighted by Gasteiger charge is 2.35. The average molecular weight is 259 g/mol. The van der Waals surface area contributed by atoms with Crippen LogP contribution in [0.4, 0.5) is 5.69 Å². The molecule has 0 radical (unpaired) electrons. The van der Waals surface area contributed by atoms with Gasteiger partial charge < -0.3 is 10.4 Å². The number of hydrogen-bond acceptors (Lipinski definition) is 2. The van der Waals surface area contributed by atoms with Crippen molar-refractivity contribution in [3.63, 3.8) is 0 Å². The minimum atomic E-state index is -0.750. The highest BCUT2D eigenvalue weighted by molar-refractivity contribution is 6.02. The van der Waals surface area contributed by atoms with Gasteiger partial charge in [0, 0.05) is 5.69 Å². The zero-order valence-corrected chi connectivity index (χ0v) is 10.8. The molecule has 4 heteroatoms. The molecule has 1 aromatic rings. The normalized spacial score (nSPS) is 22.8. The smallest absolute Gasteiger partial charge is 0.303 e. The number of nitrogens with one attached hydrogen (secondary N) is 1. The van der Waals surface area contributed by atoms with Gasteiger partial charge in [-0.15, -0.1) is 0 Å². The molecule has 3 rings (SSSR count). The Hall–Kier alpha value is -1.84. The van der Waals surface area contributed by atoms with E-state index in [9.17, 15) is 9.59 Å². The van der Waals surface area contributed by atoms with Crippen molar-refractivity contribution in [2.75, 3.05) is 5.32 Å². The molecule has 19 heavy (non-hydrogen) atoms. The van der Waals surface area contributed by atoms with Crippen molar-refractivity contribution >= 4 is 17.6 Å². The predicted molar refractivity (Wildman–Crippen MR) is 71.2 cm³/mol. The van der Waals surface area contributed by atoms with Gasteiger partial charge in [-0.05, 0) is 48.8 Å². The second-order valence-corrected chi connectivity index (χ2v) is 5.60. The van der Waals surface area contributed by atoms with Crippen molar-refractivity contribution in [1.29, 1.82) is 0 Å². The number of benzene rings is 1. The average Bonchev–Trinajstić information content (AvgIpc) is 3.15. The molecular formula is C15H17NO3. The van der Waals surface area contributed by atoms with Crippen LogP contribution in [-0.2, 0) is 9.59 Å². The summed E-state index contributed by atoms with van der Waals surface area (Å²) in [7, 11) is 0. The van der Waals surface area contributed by atoms with E-state index in [0.717, 1.165) is 29.7 Å². The lowest BCUT2D eigenvalue weighted by atomic mass is 9.88. The first-order chi connectivity index (χ1) is 9.06. The van der Waals surface area contributed by atoms with Crippen LogP contribution in [0.5, 0.6) is 0 Å². The van der Waals surface area contributed by atoms with Gasteiger partial charge in [0.25, 0.3) is 0 Å². The Kier molecular flexibility index (Phi) is 2.81. The topological polar surface area (TPSA) is 66.4 Å². The first kappa shape index (κ1) is 12.2. The molecule has 0 spiro atoms. The van der Waals surface area contributed by atoms with Gasteiger partial charge in [0.1, 0.15) is 0 Å². The van der Waals surface area contributed by atoms with Crippen LogP contribution in [0.3, 0.4) is 0 Å². The van der Waals surface area contributed by atoms with E-state index in [-0.39, 0.29) is 24.2 Å². The molecule has 2 atom stereocenters. The quantitative estimate of drug-likeness (QED) is 0.873.